The number of hydrogen-bond acceptors (Lipinski definition) is 2. The van der Waals surface area contributed by atoms with Gasteiger partial charge in [0.15, 0.2) is 0 Å². The highest BCUT2D eigenvalue weighted by atomic mass is 15.1. The zero-order valence-corrected chi connectivity index (χ0v) is 14.9. The van der Waals surface area contributed by atoms with Crippen LogP contribution in [0, 0.1) is 11.8 Å². The molecule has 0 atom stereocenters. The van der Waals surface area contributed by atoms with Gasteiger partial charge in [0.05, 0.1) is 0 Å². The second kappa shape index (κ2) is 13.9. The molecule has 122 valence electrons. The number of nitrogens with zero attached hydrogens (tertiary/aromatic N) is 1. The van der Waals surface area contributed by atoms with Crippen LogP contribution in [0.4, 0.5) is 0 Å². The third-order valence-electron chi connectivity index (χ3n) is 4.38. The van der Waals surface area contributed by atoms with Gasteiger partial charge >= 0.3 is 0 Å². The molecule has 1 N–H and O–H groups in total. The Morgan fingerprint density at radius 1 is 0.850 bits per heavy atom. The van der Waals surface area contributed by atoms with Crippen molar-refractivity contribution in [3.05, 3.63) is 0 Å². The van der Waals surface area contributed by atoms with Crippen molar-refractivity contribution in [3.8, 4) is 0 Å². The summed E-state index contributed by atoms with van der Waals surface area (Å²) < 4.78 is 0. The molecule has 2 heterocycles. The second-order valence-electron chi connectivity index (χ2n) is 5.73. The van der Waals surface area contributed by atoms with Gasteiger partial charge in [0.25, 0.3) is 0 Å². The first kappa shape index (κ1) is 19.9. The van der Waals surface area contributed by atoms with Gasteiger partial charge in [-0.1, -0.05) is 47.5 Å². The fourth-order valence-corrected chi connectivity index (χ4v) is 3.30. The quantitative estimate of drug-likeness (QED) is 0.814. The Balaban J connectivity index is 0.000000829. The van der Waals surface area contributed by atoms with Crippen LogP contribution in [0.15, 0.2) is 0 Å². The van der Waals surface area contributed by atoms with E-state index in [2.05, 4.69) is 17.1 Å². The minimum atomic E-state index is 0.976. The van der Waals surface area contributed by atoms with Crippen LogP contribution in [0.2, 0.25) is 0 Å². The maximum absolute atomic E-state index is 3.46. The summed E-state index contributed by atoms with van der Waals surface area (Å²) in [5.41, 5.74) is 0. The summed E-state index contributed by atoms with van der Waals surface area (Å²) >= 11 is 0. The smallest absolute Gasteiger partial charge is 0.00106 e. The number of rotatable bonds is 4. The Bertz CT molecular complexity index is 180. The minimum absolute atomic E-state index is 0.976. The van der Waals surface area contributed by atoms with Crippen molar-refractivity contribution in [2.75, 3.05) is 32.7 Å². The van der Waals surface area contributed by atoms with Gasteiger partial charge in [-0.3, -0.25) is 0 Å². The number of nitrogens with one attached hydrogen (secondary N) is 1. The largest absolute Gasteiger partial charge is 0.317 e. The zero-order valence-electron chi connectivity index (χ0n) is 14.9. The van der Waals surface area contributed by atoms with E-state index in [1.807, 2.05) is 27.7 Å². The van der Waals surface area contributed by atoms with E-state index in [9.17, 15) is 0 Å². The summed E-state index contributed by atoms with van der Waals surface area (Å²) in [6.45, 7) is 16.9. The van der Waals surface area contributed by atoms with Crippen LogP contribution < -0.4 is 5.32 Å². The average Bonchev–Trinajstić information content (AvgIpc) is 2.54. The van der Waals surface area contributed by atoms with Crippen LogP contribution in [0.3, 0.4) is 0 Å². The molecule has 0 aromatic rings. The first-order valence-corrected chi connectivity index (χ1v) is 9.31. The van der Waals surface area contributed by atoms with E-state index in [0.29, 0.717) is 0 Å². The van der Waals surface area contributed by atoms with Gasteiger partial charge in [-0.25, -0.2) is 0 Å². The first-order chi connectivity index (χ1) is 9.88. The summed E-state index contributed by atoms with van der Waals surface area (Å²) in [5.74, 6) is 2.01. The van der Waals surface area contributed by atoms with Gasteiger partial charge in [-0.05, 0) is 63.7 Å². The molecule has 0 aromatic heterocycles. The molecule has 0 spiro atoms. The van der Waals surface area contributed by atoms with Crippen molar-refractivity contribution in [3.63, 3.8) is 0 Å². The summed E-state index contributed by atoms with van der Waals surface area (Å²) in [5, 5.41) is 3.46. The molecule has 0 unspecified atom stereocenters. The maximum Gasteiger partial charge on any atom is 0.00106 e. The lowest BCUT2D eigenvalue weighted by Gasteiger charge is -2.35. The third kappa shape index (κ3) is 8.26. The molecule has 0 radical (unpaired) electrons. The van der Waals surface area contributed by atoms with Gasteiger partial charge in [0.1, 0.15) is 0 Å². The van der Waals surface area contributed by atoms with Crippen molar-refractivity contribution in [2.45, 2.75) is 73.1 Å². The molecular formula is C18H40N2. The Morgan fingerprint density at radius 2 is 1.40 bits per heavy atom. The van der Waals surface area contributed by atoms with Gasteiger partial charge in [0, 0.05) is 6.54 Å². The maximum atomic E-state index is 3.46. The monoisotopic (exact) mass is 284 g/mol. The van der Waals surface area contributed by atoms with E-state index < -0.39 is 0 Å². The molecule has 0 aromatic carbocycles. The molecule has 2 heteroatoms. The molecule has 0 bridgehead atoms. The van der Waals surface area contributed by atoms with Crippen LogP contribution in [0.25, 0.3) is 0 Å². The number of piperidine rings is 2. The Kier molecular flexibility index (Phi) is 13.8. The van der Waals surface area contributed by atoms with Gasteiger partial charge in [0.2, 0.25) is 0 Å². The molecule has 20 heavy (non-hydrogen) atoms. The normalized spacial score (nSPS) is 21.4. The molecule has 2 nitrogen and oxygen atoms in total. The van der Waals surface area contributed by atoms with Gasteiger partial charge in [-0.15, -0.1) is 0 Å². The molecule has 0 saturated carbocycles. The highest BCUT2D eigenvalue weighted by Gasteiger charge is 2.21. The van der Waals surface area contributed by atoms with Crippen LogP contribution >= 0.6 is 0 Å². The van der Waals surface area contributed by atoms with Crippen molar-refractivity contribution in [1.29, 1.82) is 0 Å². The average molecular weight is 285 g/mol. The van der Waals surface area contributed by atoms with Gasteiger partial charge in [-0.2, -0.15) is 0 Å². The van der Waals surface area contributed by atoms with Gasteiger partial charge < -0.3 is 10.2 Å². The van der Waals surface area contributed by atoms with Crippen molar-refractivity contribution in [1.82, 2.24) is 10.2 Å². The van der Waals surface area contributed by atoms with E-state index in [1.165, 1.54) is 71.2 Å². The lowest BCUT2D eigenvalue weighted by Crippen LogP contribution is -2.40. The SMILES string of the molecule is CC.CC.CCCC1CCN(CC2CCNCC2)CC1. The molecule has 0 aliphatic carbocycles. The fraction of sp³-hybridized carbons (Fsp3) is 1.00. The fourth-order valence-electron chi connectivity index (χ4n) is 3.30. The van der Waals surface area contributed by atoms with E-state index >= 15 is 0 Å². The van der Waals surface area contributed by atoms with Crippen LogP contribution in [-0.4, -0.2) is 37.6 Å². The standard InChI is InChI=1S/C14H28N2.2C2H6/c1-2-3-13-6-10-16(11-7-13)12-14-4-8-15-9-5-14;2*1-2/h13-15H,2-12H2,1H3;2*1-2H3. The first-order valence-electron chi connectivity index (χ1n) is 9.31. The molecule has 2 saturated heterocycles. The Morgan fingerprint density at radius 3 is 1.90 bits per heavy atom. The van der Waals surface area contributed by atoms with E-state index in [1.54, 1.807) is 0 Å². The molecule has 0 amide bonds. The molecule has 2 rings (SSSR count). The van der Waals surface area contributed by atoms with Crippen LogP contribution in [0.5, 0.6) is 0 Å². The molecular weight excluding hydrogens is 244 g/mol. The Labute approximate surface area is 128 Å². The van der Waals surface area contributed by atoms with Crippen molar-refractivity contribution in [2.24, 2.45) is 11.8 Å². The van der Waals surface area contributed by atoms with E-state index in [4.69, 9.17) is 0 Å². The van der Waals surface area contributed by atoms with Crippen molar-refractivity contribution >= 4 is 0 Å². The highest BCUT2D eigenvalue weighted by Crippen LogP contribution is 2.23. The summed E-state index contributed by atoms with van der Waals surface area (Å²) in [7, 11) is 0. The lowest BCUT2D eigenvalue weighted by atomic mass is 9.91. The van der Waals surface area contributed by atoms with Crippen LogP contribution in [-0.2, 0) is 0 Å². The zero-order chi connectivity index (χ0) is 15.2. The lowest BCUT2D eigenvalue weighted by molar-refractivity contribution is 0.144. The number of likely N-dealkylation sites (tertiary alicyclic amines) is 1. The molecule has 2 aliphatic rings. The summed E-state index contributed by atoms with van der Waals surface area (Å²) in [4.78, 5) is 2.72. The van der Waals surface area contributed by atoms with Crippen molar-refractivity contribution < 1.29 is 0 Å². The van der Waals surface area contributed by atoms with E-state index in [0.717, 1.165) is 11.8 Å². The predicted octanol–water partition coefficient (Wildman–Crippen LogP) is 4.55. The van der Waals surface area contributed by atoms with Crippen LogP contribution in [0.1, 0.15) is 73.1 Å². The number of hydrogen-bond donors (Lipinski definition) is 1. The highest BCUT2D eigenvalue weighted by molar-refractivity contribution is 4.77. The van der Waals surface area contributed by atoms with E-state index in [-0.39, 0.29) is 0 Å². The molecule has 2 fully saturated rings. The molecule has 2 aliphatic heterocycles. The predicted molar refractivity (Wildman–Crippen MR) is 92.4 cm³/mol. The third-order valence-corrected chi connectivity index (χ3v) is 4.38. The summed E-state index contributed by atoms with van der Waals surface area (Å²) in [6.07, 6.45) is 8.54. The minimum Gasteiger partial charge on any atom is -0.317 e. The second-order valence-corrected chi connectivity index (χ2v) is 5.73. The summed E-state index contributed by atoms with van der Waals surface area (Å²) in [6, 6.07) is 0. The topological polar surface area (TPSA) is 15.3 Å². The Hall–Kier alpha value is -0.0800.